The van der Waals surface area contributed by atoms with Crippen LogP contribution in [0.5, 0.6) is 0 Å². The molecule has 82 valence electrons. The van der Waals surface area contributed by atoms with Gasteiger partial charge in [-0.25, -0.2) is 0 Å². The Morgan fingerprint density at radius 2 is 2.00 bits per heavy atom. The third-order valence-corrected chi connectivity index (χ3v) is 4.36. The van der Waals surface area contributed by atoms with Crippen molar-refractivity contribution in [3.63, 3.8) is 0 Å². The van der Waals surface area contributed by atoms with Gasteiger partial charge in [0, 0.05) is 6.61 Å². The highest BCUT2D eigenvalue weighted by Gasteiger charge is 2.53. The molecule has 1 heteroatoms. The molecular weight excluding hydrogens is 172 g/mol. The Kier molecular flexibility index (Phi) is 2.88. The molecule has 0 aromatic rings. The Bertz CT molecular complexity index is 189. The minimum atomic E-state index is 0.335. The lowest BCUT2D eigenvalue weighted by Crippen LogP contribution is -2.26. The van der Waals surface area contributed by atoms with E-state index in [1.54, 1.807) is 0 Å². The maximum absolute atomic E-state index is 9.57. The Hall–Kier alpha value is -0.0400. The van der Waals surface area contributed by atoms with Crippen LogP contribution in [0, 0.1) is 23.2 Å². The van der Waals surface area contributed by atoms with E-state index < -0.39 is 0 Å². The van der Waals surface area contributed by atoms with Gasteiger partial charge < -0.3 is 5.11 Å². The van der Waals surface area contributed by atoms with Gasteiger partial charge in [0.2, 0.25) is 0 Å². The normalized spacial score (nSPS) is 42.2. The van der Waals surface area contributed by atoms with Crippen molar-refractivity contribution in [3.8, 4) is 0 Å². The summed E-state index contributed by atoms with van der Waals surface area (Å²) in [7, 11) is 0. The third kappa shape index (κ3) is 1.98. The lowest BCUT2D eigenvalue weighted by Gasteiger charge is -2.31. The van der Waals surface area contributed by atoms with Crippen molar-refractivity contribution in [2.24, 2.45) is 23.2 Å². The molecule has 0 bridgehead atoms. The summed E-state index contributed by atoms with van der Waals surface area (Å²) in [5.41, 5.74) is 0.335. The van der Waals surface area contributed by atoms with E-state index in [0.29, 0.717) is 12.0 Å². The van der Waals surface area contributed by atoms with E-state index in [2.05, 4.69) is 13.8 Å². The van der Waals surface area contributed by atoms with E-state index in [1.165, 1.54) is 38.5 Å². The zero-order valence-corrected chi connectivity index (χ0v) is 9.63. The number of hydrogen-bond acceptors (Lipinski definition) is 1. The van der Waals surface area contributed by atoms with Gasteiger partial charge in [0.1, 0.15) is 0 Å². The topological polar surface area (TPSA) is 20.2 Å². The minimum Gasteiger partial charge on any atom is -0.396 e. The maximum atomic E-state index is 9.57. The first-order valence-electron chi connectivity index (χ1n) is 6.30. The van der Waals surface area contributed by atoms with Crippen LogP contribution < -0.4 is 0 Å². The third-order valence-electron chi connectivity index (χ3n) is 4.36. The molecule has 0 aromatic carbocycles. The van der Waals surface area contributed by atoms with Gasteiger partial charge in [-0.3, -0.25) is 0 Å². The van der Waals surface area contributed by atoms with Crippen LogP contribution >= 0.6 is 0 Å². The van der Waals surface area contributed by atoms with Gasteiger partial charge in [0.15, 0.2) is 0 Å². The second kappa shape index (κ2) is 3.84. The van der Waals surface area contributed by atoms with Gasteiger partial charge in [-0.05, 0) is 48.9 Å². The summed E-state index contributed by atoms with van der Waals surface area (Å²) in [6.45, 7) is 5.05. The largest absolute Gasteiger partial charge is 0.396 e. The zero-order valence-electron chi connectivity index (χ0n) is 9.63. The number of fused-ring (bicyclic) bond motifs is 1. The van der Waals surface area contributed by atoms with E-state index in [1.807, 2.05) is 0 Å². The first-order valence-corrected chi connectivity index (χ1v) is 6.30. The van der Waals surface area contributed by atoms with Crippen LogP contribution in [0.2, 0.25) is 0 Å². The van der Waals surface area contributed by atoms with Crippen LogP contribution in [0.25, 0.3) is 0 Å². The fourth-order valence-corrected chi connectivity index (χ4v) is 3.70. The Morgan fingerprint density at radius 3 is 2.50 bits per heavy atom. The SMILES string of the molecule is CCCC(C)CC1(CO)CC2CC2C1. The molecule has 0 saturated heterocycles. The molecule has 2 aliphatic rings. The van der Waals surface area contributed by atoms with Crippen molar-refractivity contribution in [2.75, 3.05) is 6.61 Å². The molecule has 1 N–H and O–H groups in total. The van der Waals surface area contributed by atoms with E-state index >= 15 is 0 Å². The summed E-state index contributed by atoms with van der Waals surface area (Å²) in [5.74, 6) is 2.80. The zero-order chi connectivity index (χ0) is 10.2. The molecule has 3 atom stereocenters. The quantitative estimate of drug-likeness (QED) is 0.716. The first kappa shape index (κ1) is 10.5. The molecule has 2 rings (SSSR count). The predicted molar refractivity (Wildman–Crippen MR) is 59.0 cm³/mol. The second-order valence-electron chi connectivity index (χ2n) is 5.92. The van der Waals surface area contributed by atoms with Crippen LogP contribution in [0.4, 0.5) is 0 Å². The van der Waals surface area contributed by atoms with Gasteiger partial charge in [0.25, 0.3) is 0 Å². The Labute approximate surface area is 87.9 Å². The maximum Gasteiger partial charge on any atom is 0.0487 e. The fraction of sp³-hybridized carbons (Fsp3) is 1.00. The molecule has 2 aliphatic carbocycles. The van der Waals surface area contributed by atoms with Crippen molar-refractivity contribution in [3.05, 3.63) is 0 Å². The summed E-state index contributed by atoms with van der Waals surface area (Å²) in [4.78, 5) is 0. The monoisotopic (exact) mass is 196 g/mol. The van der Waals surface area contributed by atoms with Crippen LogP contribution in [-0.2, 0) is 0 Å². The van der Waals surface area contributed by atoms with Gasteiger partial charge >= 0.3 is 0 Å². The molecule has 0 heterocycles. The van der Waals surface area contributed by atoms with Crippen molar-refractivity contribution in [1.82, 2.24) is 0 Å². The number of hydrogen-bond donors (Lipinski definition) is 1. The van der Waals surface area contributed by atoms with Crippen molar-refractivity contribution >= 4 is 0 Å². The summed E-state index contributed by atoms with van der Waals surface area (Å²) in [6.07, 6.45) is 7.99. The van der Waals surface area contributed by atoms with Crippen LogP contribution in [0.3, 0.4) is 0 Å². The molecule has 0 radical (unpaired) electrons. The highest BCUT2D eigenvalue weighted by Crippen LogP contribution is 2.61. The lowest BCUT2D eigenvalue weighted by atomic mass is 9.75. The number of aliphatic hydroxyl groups excluding tert-OH is 1. The van der Waals surface area contributed by atoms with E-state index in [9.17, 15) is 5.11 Å². The van der Waals surface area contributed by atoms with E-state index in [4.69, 9.17) is 0 Å². The standard InChI is InChI=1S/C13H24O/c1-3-4-10(2)6-13(9-14)7-11-5-12(11)8-13/h10-12,14H,3-9H2,1-2H3. The first-order chi connectivity index (χ1) is 6.69. The van der Waals surface area contributed by atoms with Crippen molar-refractivity contribution in [2.45, 2.75) is 52.4 Å². The molecule has 0 aromatic heterocycles. The predicted octanol–water partition coefficient (Wildman–Crippen LogP) is 3.22. The lowest BCUT2D eigenvalue weighted by molar-refractivity contribution is 0.0894. The average molecular weight is 196 g/mol. The molecule has 2 fully saturated rings. The molecule has 0 aliphatic heterocycles. The summed E-state index contributed by atoms with van der Waals surface area (Å²) in [5, 5.41) is 9.57. The summed E-state index contributed by atoms with van der Waals surface area (Å²) < 4.78 is 0. The Balaban J connectivity index is 1.86. The van der Waals surface area contributed by atoms with E-state index in [0.717, 1.165) is 17.8 Å². The molecule has 3 unspecified atom stereocenters. The highest BCUT2D eigenvalue weighted by atomic mass is 16.3. The van der Waals surface area contributed by atoms with E-state index in [-0.39, 0.29) is 0 Å². The molecule has 0 spiro atoms. The van der Waals surface area contributed by atoms with Gasteiger partial charge in [-0.15, -0.1) is 0 Å². The average Bonchev–Trinajstić information content (AvgIpc) is 2.75. The van der Waals surface area contributed by atoms with Gasteiger partial charge in [-0.1, -0.05) is 26.7 Å². The van der Waals surface area contributed by atoms with Crippen LogP contribution in [0.1, 0.15) is 52.4 Å². The van der Waals surface area contributed by atoms with Gasteiger partial charge in [-0.2, -0.15) is 0 Å². The van der Waals surface area contributed by atoms with Crippen molar-refractivity contribution in [1.29, 1.82) is 0 Å². The smallest absolute Gasteiger partial charge is 0.0487 e. The second-order valence-corrected chi connectivity index (χ2v) is 5.92. The van der Waals surface area contributed by atoms with Crippen LogP contribution in [0.15, 0.2) is 0 Å². The summed E-state index contributed by atoms with van der Waals surface area (Å²) >= 11 is 0. The molecule has 0 amide bonds. The summed E-state index contributed by atoms with van der Waals surface area (Å²) in [6, 6.07) is 0. The molecular formula is C13H24O. The number of rotatable bonds is 5. The van der Waals surface area contributed by atoms with Crippen LogP contribution in [-0.4, -0.2) is 11.7 Å². The molecule has 1 nitrogen and oxygen atoms in total. The molecule has 2 saturated carbocycles. The molecule has 14 heavy (non-hydrogen) atoms. The minimum absolute atomic E-state index is 0.335. The van der Waals surface area contributed by atoms with Crippen molar-refractivity contribution < 1.29 is 5.11 Å². The highest BCUT2D eigenvalue weighted by molar-refractivity contribution is 5.03. The Morgan fingerprint density at radius 1 is 1.36 bits per heavy atom. The number of aliphatic hydroxyl groups is 1. The van der Waals surface area contributed by atoms with Gasteiger partial charge in [0.05, 0.1) is 0 Å². The fourth-order valence-electron chi connectivity index (χ4n) is 3.70.